The van der Waals surface area contributed by atoms with E-state index in [4.69, 9.17) is 4.74 Å². The van der Waals surface area contributed by atoms with Crippen molar-refractivity contribution in [3.63, 3.8) is 0 Å². The summed E-state index contributed by atoms with van der Waals surface area (Å²) in [5.41, 5.74) is 0.272. The number of alkyl halides is 1. The molecule has 31 heavy (non-hydrogen) atoms. The van der Waals surface area contributed by atoms with Crippen molar-refractivity contribution < 1.29 is 23.1 Å². The number of nitrogens with zero attached hydrogens (tertiary/aromatic N) is 3. The topological polar surface area (TPSA) is 72.4 Å². The molecular formula is C22H21F2N3O3S. The zero-order valence-corrected chi connectivity index (χ0v) is 17.7. The van der Waals surface area contributed by atoms with Gasteiger partial charge in [0, 0.05) is 12.0 Å². The van der Waals surface area contributed by atoms with Crippen molar-refractivity contribution in [1.29, 1.82) is 0 Å². The van der Waals surface area contributed by atoms with Gasteiger partial charge in [-0.2, -0.15) is 0 Å². The van der Waals surface area contributed by atoms with Gasteiger partial charge in [0.25, 0.3) is 5.91 Å². The third-order valence-electron chi connectivity index (χ3n) is 6.11. The summed E-state index contributed by atoms with van der Waals surface area (Å²) in [6.45, 7) is 2.01. The minimum atomic E-state index is -1.09. The van der Waals surface area contributed by atoms with Gasteiger partial charge in [-0.1, -0.05) is 36.5 Å². The van der Waals surface area contributed by atoms with E-state index in [1.165, 1.54) is 22.3 Å². The van der Waals surface area contributed by atoms with Gasteiger partial charge in [-0.05, 0) is 31.7 Å². The average molecular weight is 445 g/mol. The summed E-state index contributed by atoms with van der Waals surface area (Å²) in [4.78, 5) is 28.2. The molecule has 1 saturated carbocycles. The van der Waals surface area contributed by atoms with Crippen LogP contribution in [-0.4, -0.2) is 34.2 Å². The van der Waals surface area contributed by atoms with Crippen LogP contribution in [0.2, 0.25) is 0 Å². The molecule has 0 bridgehead atoms. The van der Waals surface area contributed by atoms with E-state index in [0.717, 1.165) is 11.4 Å². The molecule has 162 valence electrons. The zero-order chi connectivity index (χ0) is 21.7. The molecular weight excluding hydrogens is 424 g/mol. The van der Waals surface area contributed by atoms with Crippen molar-refractivity contribution in [1.82, 2.24) is 10.2 Å². The van der Waals surface area contributed by atoms with E-state index in [1.54, 1.807) is 18.2 Å². The van der Waals surface area contributed by atoms with E-state index < -0.39 is 36.0 Å². The van der Waals surface area contributed by atoms with Crippen LogP contribution in [0, 0.1) is 11.7 Å². The number of carbonyl (C=O) groups is 2. The molecule has 3 aliphatic rings. The highest BCUT2D eigenvalue weighted by Crippen LogP contribution is 2.49. The second kappa shape index (κ2) is 7.78. The summed E-state index contributed by atoms with van der Waals surface area (Å²) in [6.07, 6.45) is 0.661. The Labute approximate surface area is 181 Å². The molecule has 5 rings (SSSR count). The summed E-state index contributed by atoms with van der Waals surface area (Å²) in [7, 11) is 0. The normalized spacial score (nSPS) is 27.9. The van der Waals surface area contributed by atoms with Crippen LogP contribution in [0.15, 0.2) is 35.6 Å². The number of anilines is 1. The molecule has 1 amide bonds. The van der Waals surface area contributed by atoms with Crippen LogP contribution in [0.5, 0.6) is 0 Å². The predicted octanol–water partition coefficient (Wildman–Crippen LogP) is 4.08. The first-order valence-electron chi connectivity index (χ1n) is 10.5. The number of amides is 1. The minimum absolute atomic E-state index is 0.0535. The van der Waals surface area contributed by atoms with Gasteiger partial charge in [-0.3, -0.25) is 14.5 Å². The molecule has 2 aliphatic heterocycles. The van der Waals surface area contributed by atoms with Crippen molar-refractivity contribution >= 4 is 28.2 Å². The lowest BCUT2D eigenvalue weighted by Gasteiger charge is -2.36. The Balaban J connectivity index is 1.63. The summed E-state index contributed by atoms with van der Waals surface area (Å²) >= 11 is 1.24. The van der Waals surface area contributed by atoms with Gasteiger partial charge in [0.1, 0.15) is 29.1 Å². The highest BCUT2D eigenvalue weighted by atomic mass is 32.1. The third kappa shape index (κ3) is 3.26. The molecule has 3 heterocycles. The highest BCUT2D eigenvalue weighted by Gasteiger charge is 2.54. The Bertz CT molecular complexity index is 1090. The maximum absolute atomic E-state index is 14.9. The largest absolute Gasteiger partial charge is 0.483 e. The Kier molecular flexibility index (Phi) is 5.08. The lowest BCUT2D eigenvalue weighted by molar-refractivity contribution is -0.133. The van der Waals surface area contributed by atoms with Crippen LogP contribution in [0.25, 0.3) is 0 Å². The SMILES string of the molecule is CCCc1nnc(N2C(=O)C3=C(C(=O)C4CC(F)CCC4O3)C2c2ccccc2F)s1. The van der Waals surface area contributed by atoms with Crippen LogP contribution in [-0.2, 0) is 20.7 Å². The van der Waals surface area contributed by atoms with Crippen LogP contribution in [0.3, 0.4) is 0 Å². The number of rotatable bonds is 4. The summed E-state index contributed by atoms with van der Waals surface area (Å²) in [5, 5.41) is 9.34. The third-order valence-corrected chi connectivity index (χ3v) is 7.09. The van der Waals surface area contributed by atoms with Gasteiger partial charge in [0.05, 0.1) is 11.5 Å². The molecule has 0 saturated heterocycles. The zero-order valence-electron chi connectivity index (χ0n) is 16.9. The maximum atomic E-state index is 14.9. The summed E-state index contributed by atoms with van der Waals surface area (Å²) in [6, 6.07) is 5.01. The molecule has 4 atom stereocenters. The molecule has 2 aromatic rings. The first-order valence-corrected chi connectivity index (χ1v) is 11.3. The van der Waals surface area contributed by atoms with Crippen molar-refractivity contribution in [2.24, 2.45) is 5.92 Å². The molecule has 1 fully saturated rings. The number of halogens is 2. The molecule has 1 aromatic carbocycles. The minimum Gasteiger partial charge on any atom is -0.483 e. The molecule has 6 nitrogen and oxygen atoms in total. The van der Waals surface area contributed by atoms with E-state index in [2.05, 4.69) is 10.2 Å². The van der Waals surface area contributed by atoms with Gasteiger partial charge in [-0.15, -0.1) is 10.2 Å². The number of ether oxygens (including phenoxy) is 1. The molecule has 1 aromatic heterocycles. The molecule has 0 radical (unpaired) electrons. The monoisotopic (exact) mass is 445 g/mol. The molecule has 9 heteroatoms. The Hall–Kier alpha value is -2.68. The molecule has 0 spiro atoms. The van der Waals surface area contributed by atoms with E-state index >= 15 is 0 Å². The lowest BCUT2D eigenvalue weighted by atomic mass is 9.77. The van der Waals surface area contributed by atoms with Gasteiger partial charge in [-0.25, -0.2) is 8.78 Å². The fraction of sp³-hybridized carbons (Fsp3) is 0.455. The van der Waals surface area contributed by atoms with Crippen LogP contribution < -0.4 is 4.90 Å². The predicted molar refractivity (Wildman–Crippen MR) is 110 cm³/mol. The number of carbonyl (C=O) groups excluding carboxylic acids is 2. The first-order chi connectivity index (χ1) is 15.0. The van der Waals surface area contributed by atoms with Gasteiger partial charge in [0.2, 0.25) is 5.13 Å². The quantitative estimate of drug-likeness (QED) is 0.709. The average Bonchev–Trinajstić information content (AvgIpc) is 3.32. The standard InChI is InChI=1S/C22H21F2N3O3S/c1-2-5-16-25-26-22(31-16)27-18(12-6-3-4-7-14(12)24)17-19(28)13-10-11(23)8-9-15(13)30-20(17)21(27)29/h3-4,6-7,11,13,15,18H,2,5,8-10H2,1H3. The smallest absolute Gasteiger partial charge is 0.296 e. The van der Waals surface area contributed by atoms with E-state index in [9.17, 15) is 18.4 Å². The van der Waals surface area contributed by atoms with Crippen molar-refractivity contribution in [3.05, 3.63) is 52.0 Å². The number of aryl methyl sites for hydroxylation is 1. The van der Waals surface area contributed by atoms with E-state index in [-0.39, 0.29) is 29.1 Å². The van der Waals surface area contributed by atoms with Crippen LogP contribution in [0.1, 0.15) is 49.2 Å². The summed E-state index contributed by atoms with van der Waals surface area (Å²) < 4.78 is 34.9. The van der Waals surface area contributed by atoms with Gasteiger partial charge < -0.3 is 4.74 Å². The fourth-order valence-corrected chi connectivity index (χ4v) is 5.63. The number of Topliss-reactive ketones (excluding diaryl/α,β-unsaturated/α-hetero) is 1. The second-order valence-electron chi connectivity index (χ2n) is 8.11. The molecule has 4 unspecified atom stereocenters. The number of hydrogen-bond donors (Lipinski definition) is 0. The number of benzene rings is 1. The first kappa shape index (κ1) is 20.2. The van der Waals surface area contributed by atoms with Crippen LogP contribution >= 0.6 is 11.3 Å². The Morgan fingerprint density at radius 3 is 2.81 bits per heavy atom. The van der Waals surface area contributed by atoms with E-state index in [0.29, 0.717) is 24.4 Å². The number of fused-ring (bicyclic) bond motifs is 1. The van der Waals surface area contributed by atoms with Crippen molar-refractivity contribution in [3.8, 4) is 0 Å². The summed E-state index contributed by atoms with van der Waals surface area (Å²) in [5.74, 6) is -2.15. The fourth-order valence-electron chi connectivity index (χ4n) is 4.66. The molecule has 0 N–H and O–H groups in total. The number of aromatic nitrogens is 2. The second-order valence-corrected chi connectivity index (χ2v) is 9.15. The van der Waals surface area contributed by atoms with E-state index in [1.807, 2.05) is 6.92 Å². The van der Waals surface area contributed by atoms with Crippen molar-refractivity contribution in [2.75, 3.05) is 4.90 Å². The Morgan fingerprint density at radius 2 is 2.03 bits per heavy atom. The Morgan fingerprint density at radius 1 is 1.23 bits per heavy atom. The number of hydrogen-bond acceptors (Lipinski definition) is 6. The maximum Gasteiger partial charge on any atom is 0.296 e. The van der Waals surface area contributed by atoms with Crippen molar-refractivity contribution in [2.45, 2.75) is 57.3 Å². The molecule has 1 aliphatic carbocycles. The highest BCUT2D eigenvalue weighted by molar-refractivity contribution is 7.15. The van der Waals surface area contributed by atoms with Gasteiger partial charge in [0.15, 0.2) is 11.5 Å². The van der Waals surface area contributed by atoms with Crippen LogP contribution in [0.4, 0.5) is 13.9 Å². The number of ketones is 1. The lowest BCUT2D eigenvalue weighted by Crippen LogP contribution is -2.42. The van der Waals surface area contributed by atoms with Gasteiger partial charge >= 0.3 is 0 Å².